The molecule has 0 heterocycles. The summed E-state index contributed by atoms with van der Waals surface area (Å²) in [5.74, 6) is -0.801. The Morgan fingerprint density at radius 3 is 2.11 bits per heavy atom. The number of hydrogen-bond acceptors (Lipinski definition) is 4. The number of carbonyl (C=O) groups is 2. The molecule has 0 spiro atoms. The third-order valence-corrected chi connectivity index (χ3v) is 8.41. The standard InChI is InChI=1S/C29H34ClN3O4S/c1-5-22(3)31-29(35)23(4)32(19-24-13-11-21(2)12-14-24)28(34)20-33(26-9-7-6-8-10-26)38(36,37)27-17-15-25(30)16-18-27/h6-18,22-23H,5,19-20H2,1-4H3,(H,31,35)/t22-,23+/m1/s1. The normalized spacial score (nSPS) is 12.9. The average molecular weight is 556 g/mol. The zero-order valence-electron chi connectivity index (χ0n) is 22.1. The van der Waals surface area contributed by atoms with Crippen molar-refractivity contribution in [2.75, 3.05) is 10.8 Å². The lowest BCUT2D eigenvalue weighted by atomic mass is 10.1. The largest absolute Gasteiger partial charge is 0.352 e. The van der Waals surface area contributed by atoms with E-state index in [0.717, 1.165) is 21.9 Å². The van der Waals surface area contributed by atoms with Crippen LogP contribution in [0, 0.1) is 6.92 Å². The highest BCUT2D eigenvalue weighted by Gasteiger charge is 2.32. The third-order valence-electron chi connectivity index (χ3n) is 6.37. The van der Waals surface area contributed by atoms with Crippen molar-refractivity contribution in [2.45, 2.75) is 57.6 Å². The van der Waals surface area contributed by atoms with E-state index in [4.69, 9.17) is 11.6 Å². The molecule has 0 aromatic heterocycles. The molecule has 0 aliphatic heterocycles. The van der Waals surface area contributed by atoms with E-state index in [0.29, 0.717) is 10.7 Å². The maximum atomic E-state index is 13.9. The number of anilines is 1. The number of carbonyl (C=O) groups excluding carboxylic acids is 2. The number of nitrogens with one attached hydrogen (secondary N) is 1. The van der Waals surface area contributed by atoms with E-state index in [-0.39, 0.29) is 23.4 Å². The fourth-order valence-electron chi connectivity index (χ4n) is 3.80. The van der Waals surface area contributed by atoms with E-state index in [9.17, 15) is 18.0 Å². The lowest BCUT2D eigenvalue weighted by Crippen LogP contribution is -2.52. The Morgan fingerprint density at radius 1 is 0.921 bits per heavy atom. The summed E-state index contributed by atoms with van der Waals surface area (Å²) >= 11 is 5.97. The lowest BCUT2D eigenvalue weighted by molar-refractivity contribution is -0.139. The second-order valence-corrected chi connectivity index (χ2v) is 11.6. The fourth-order valence-corrected chi connectivity index (χ4v) is 5.34. The molecule has 0 saturated heterocycles. The van der Waals surface area contributed by atoms with Gasteiger partial charge in [-0.05, 0) is 69.2 Å². The minimum atomic E-state index is -4.12. The Kier molecular flexibility index (Phi) is 9.94. The first-order chi connectivity index (χ1) is 18.0. The first kappa shape index (κ1) is 29.2. The molecule has 3 aromatic carbocycles. The molecule has 1 N–H and O–H groups in total. The number of nitrogens with zero attached hydrogens (tertiary/aromatic N) is 2. The molecule has 7 nitrogen and oxygen atoms in total. The number of amides is 2. The van der Waals surface area contributed by atoms with Crippen molar-refractivity contribution in [3.8, 4) is 0 Å². The number of hydrogen-bond donors (Lipinski definition) is 1. The number of rotatable bonds is 11. The van der Waals surface area contributed by atoms with Gasteiger partial charge >= 0.3 is 0 Å². The monoisotopic (exact) mass is 555 g/mol. The van der Waals surface area contributed by atoms with Gasteiger partial charge in [0.1, 0.15) is 12.6 Å². The molecule has 3 rings (SSSR count). The molecule has 0 aliphatic carbocycles. The molecule has 0 saturated carbocycles. The first-order valence-corrected chi connectivity index (χ1v) is 14.3. The van der Waals surface area contributed by atoms with Crippen LogP contribution in [0.1, 0.15) is 38.3 Å². The summed E-state index contributed by atoms with van der Waals surface area (Å²) in [7, 11) is -4.12. The zero-order valence-corrected chi connectivity index (χ0v) is 23.7. The summed E-state index contributed by atoms with van der Waals surface area (Å²) in [6.07, 6.45) is 0.742. The van der Waals surface area contributed by atoms with Gasteiger partial charge in [-0.2, -0.15) is 0 Å². The summed E-state index contributed by atoms with van der Waals surface area (Å²) in [5, 5.41) is 3.33. The van der Waals surface area contributed by atoms with Gasteiger partial charge in [-0.3, -0.25) is 13.9 Å². The van der Waals surface area contributed by atoms with Crippen molar-refractivity contribution in [1.29, 1.82) is 0 Å². The summed E-state index contributed by atoms with van der Waals surface area (Å²) in [4.78, 5) is 28.3. The second kappa shape index (κ2) is 12.9. The number of benzene rings is 3. The van der Waals surface area contributed by atoms with Crippen LogP contribution in [0.4, 0.5) is 5.69 Å². The van der Waals surface area contributed by atoms with Crippen molar-refractivity contribution in [1.82, 2.24) is 10.2 Å². The average Bonchev–Trinajstić information content (AvgIpc) is 2.91. The van der Waals surface area contributed by atoms with E-state index in [1.165, 1.54) is 29.2 Å². The Bertz CT molecular complexity index is 1330. The smallest absolute Gasteiger partial charge is 0.264 e. The number of aryl methyl sites for hydroxylation is 1. The predicted molar refractivity (Wildman–Crippen MR) is 152 cm³/mol. The molecular weight excluding hydrogens is 522 g/mol. The Labute approximate surface area is 230 Å². The number of para-hydroxylation sites is 1. The van der Waals surface area contributed by atoms with Crippen LogP contribution in [0.3, 0.4) is 0 Å². The van der Waals surface area contributed by atoms with Gasteiger partial charge in [-0.15, -0.1) is 0 Å². The van der Waals surface area contributed by atoms with Gasteiger partial charge in [0.05, 0.1) is 10.6 Å². The molecule has 9 heteroatoms. The lowest BCUT2D eigenvalue weighted by Gasteiger charge is -2.32. The van der Waals surface area contributed by atoms with Gasteiger partial charge in [-0.1, -0.05) is 66.6 Å². The van der Waals surface area contributed by atoms with Crippen LogP contribution in [0.15, 0.2) is 83.8 Å². The molecule has 2 atom stereocenters. The van der Waals surface area contributed by atoms with Crippen molar-refractivity contribution in [2.24, 2.45) is 0 Å². The van der Waals surface area contributed by atoms with Gasteiger partial charge in [0.25, 0.3) is 10.0 Å². The topological polar surface area (TPSA) is 86.8 Å². The van der Waals surface area contributed by atoms with Gasteiger partial charge in [0.2, 0.25) is 11.8 Å². The van der Waals surface area contributed by atoms with Crippen molar-refractivity contribution >= 4 is 39.1 Å². The Balaban J connectivity index is 1.99. The molecule has 0 bridgehead atoms. The minimum Gasteiger partial charge on any atom is -0.352 e. The van der Waals surface area contributed by atoms with E-state index in [1.54, 1.807) is 37.3 Å². The minimum absolute atomic E-state index is 0.00574. The molecule has 2 amide bonds. The van der Waals surface area contributed by atoms with Gasteiger partial charge in [0, 0.05) is 17.6 Å². The van der Waals surface area contributed by atoms with E-state index < -0.39 is 28.5 Å². The van der Waals surface area contributed by atoms with Crippen LogP contribution in [-0.2, 0) is 26.2 Å². The molecule has 0 fully saturated rings. The van der Waals surface area contributed by atoms with Crippen molar-refractivity contribution in [3.63, 3.8) is 0 Å². The molecule has 0 radical (unpaired) electrons. The van der Waals surface area contributed by atoms with Gasteiger partial charge in [-0.25, -0.2) is 8.42 Å². The SMILES string of the molecule is CC[C@@H](C)NC(=O)[C@H](C)N(Cc1ccc(C)cc1)C(=O)CN(c1ccccc1)S(=O)(=O)c1ccc(Cl)cc1. The molecule has 202 valence electrons. The first-order valence-electron chi connectivity index (χ1n) is 12.5. The quantitative estimate of drug-likeness (QED) is 0.353. The number of sulfonamides is 1. The Morgan fingerprint density at radius 2 is 1.53 bits per heavy atom. The summed E-state index contributed by atoms with van der Waals surface area (Å²) in [5.41, 5.74) is 2.24. The zero-order chi connectivity index (χ0) is 27.9. The van der Waals surface area contributed by atoms with Gasteiger partial charge < -0.3 is 10.2 Å². The third kappa shape index (κ3) is 7.36. The Hall–Kier alpha value is -3.36. The highest BCUT2D eigenvalue weighted by atomic mass is 35.5. The van der Waals surface area contributed by atoms with E-state index in [2.05, 4.69) is 5.32 Å². The fraction of sp³-hybridized carbons (Fsp3) is 0.310. The maximum Gasteiger partial charge on any atom is 0.264 e. The summed E-state index contributed by atoms with van der Waals surface area (Å²) in [6, 6.07) is 21.0. The second-order valence-electron chi connectivity index (χ2n) is 9.30. The summed E-state index contributed by atoms with van der Waals surface area (Å²) < 4.78 is 28.5. The molecule has 38 heavy (non-hydrogen) atoms. The van der Waals surface area contributed by atoms with Crippen LogP contribution < -0.4 is 9.62 Å². The van der Waals surface area contributed by atoms with E-state index >= 15 is 0 Å². The van der Waals surface area contributed by atoms with Crippen LogP contribution in [0.2, 0.25) is 5.02 Å². The highest BCUT2D eigenvalue weighted by Crippen LogP contribution is 2.25. The van der Waals surface area contributed by atoms with Crippen LogP contribution in [0.5, 0.6) is 0 Å². The van der Waals surface area contributed by atoms with Crippen LogP contribution in [0.25, 0.3) is 0 Å². The highest BCUT2D eigenvalue weighted by molar-refractivity contribution is 7.92. The van der Waals surface area contributed by atoms with Gasteiger partial charge in [0.15, 0.2) is 0 Å². The number of halogens is 1. The van der Waals surface area contributed by atoms with Crippen molar-refractivity contribution in [3.05, 3.63) is 95.0 Å². The van der Waals surface area contributed by atoms with Crippen LogP contribution >= 0.6 is 11.6 Å². The maximum absolute atomic E-state index is 13.9. The van der Waals surface area contributed by atoms with Crippen molar-refractivity contribution < 1.29 is 18.0 Å². The van der Waals surface area contributed by atoms with E-state index in [1.807, 2.05) is 45.0 Å². The molecule has 3 aromatic rings. The predicted octanol–water partition coefficient (Wildman–Crippen LogP) is 5.18. The summed E-state index contributed by atoms with van der Waals surface area (Å²) in [6.45, 7) is 7.15. The van der Waals surface area contributed by atoms with Crippen LogP contribution in [-0.4, -0.2) is 43.8 Å². The molecular formula is C29H34ClN3O4S. The molecule has 0 unspecified atom stereocenters. The molecule has 0 aliphatic rings.